The van der Waals surface area contributed by atoms with Crippen LogP contribution in [-0.4, -0.2) is 16.1 Å². The van der Waals surface area contributed by atoms with Gasteiger partial charge in [0.25, 0.3) is 0 Å². The molecule has 3 nitrogen and oxygen atoms in total. The molecule has 1 aromatic heterocycles. The number of nitrogens with one attached hydrogen (secondary N) is 1. The summed E-state index contributed by atoms with van der Waals surface area (Å²) in [6.45, 7) is 7.53. The Balaban J connectivity index is 2.16. The highest BCUT2D eigenvalue weighted by Crippen LogP contribution is 2.25. The molecule has 0 saturated carbocycles. The predicted octanol–water partition coefficient (Wildman–Crippen LogP) is 5.03. The SMILES string of the molecule is CCCCCCCCCCC(NCC)c1snnc1C. The van der Waals surface area contributed by atoms with Gasteiger partial charge in [-0.25, -0.2) is 0 Å². The van der Waals surface area contributed by atoms with Gasteiger partial charge in [-0.05, 0) is 31.4 Å². The first-order chi connectivity index (χ1) is 9.79. The maximum Gasteiger partial charge on any atom is 0.0772 e. The minimum Gasteiger partial charge on any atom is -0.309 e. The van der Waals surface area contributed by atoms with Gasteiger partial charge in [0.15, 0.2) is 0 Å². The number of nitrogens with zero attached hydrogens (tertiary/aromatic N) is 2. The molecular formula is C16H31N3S. The summed E-state index contributed by atoms with van der Waals surface area (Å²) < 4.78 is 4.06. The average Bonchev–Trinajstić information content (AvgIpc) is 2.87. The van der Waals surface area contributed by atoms with E-state index in [1.54, 1.807) is 11.5 Å². The Labute approximate surface area is 128 Å². The Hall–Kier alpha value is -0.480. The number of unbranched alkanes of at least 4 members (excludes halogenated alkanes) is 7. The first kappa shape index (κ1) is 17.6. The molecular weight excluding hydrogens is 266 g/mol. The molecule has 1 heterocycles. The molecule has 0 aliphatic rings. The molecule has 1 atom stereocenters. The summed E-state index contributed by atoms with van der Waals surface area (Å²) in [7, 11) is 0. The van der Waals surface area contributed by atoms with Crippen LogP contribution < -0.4 is 5.32 Å². The van der Waals surface area contributed by atoms with Crippen LogP contribution in [0.15, 0.2) is 0 Å². The fourth-order valence-corrected chi connectivity index (χ4v) is 3.36. The van der Waals surface area contributed by atoms with Crippen LogP contribution in [-0.2, 0) is 0 Å². The van der Waals surface area contributed by atoms with Crippen molar-refractivity contribution in [3.05, 3.63) is 10.6 Å². The molecule has 0 amide bonds. The van der Waals surface area contributed by atoms with Crippen LogP contribution in [0.2, 0.25) is 0 Å². The lowest BCUT2D eigenvalue weighted by Gasteiger charge is -2.16. The Kier molecular flexibility index (Phi) is 9.85. The number of aryl methyl sites for hydroxylation is 1. The summed E-state index contributed by atoms with van der Waals surface area (Å²) in [6.07, 6.45) is 12.3. The van der Waals surface area contributed by atoms with Gasteiger partial charge in [0, 0.05) is 6.04 Å². The van der Waals surface area contributed by atoms with Gasteiger partial charge in [0.05, 0.1) is 10.6 Å². The van der Waals surface area contributed by atoms with Gasteiger partial charge in [0.1, 0.15) is 0 Å². The van der Waals surface area contributed by atoms with E-state index < -0.39 is 0 Å². The fourth-order valence-electron chi connectivity index (χ4n) is 2.61. The van der Waals surface area contributed by atoms with Gasteiger partial charge in [0.2, 0.25) is 0 Å². The van der Waals surface area contributed by atoms with Crippen LogP contribution in [0, 0.1) is 6.92 Å². The highest BCUT2D eigenvalue weighted by molar-refractivity contribution is 7.05. The molecule has 0 saturated heterocycles. The second kappa shape index (κ2) is 11.2. The van der Waals surface area contributed by atoms with Crippen LogP contribution in [0.1, 0.15) is 88.2 Å². The van der Waals surface area contributed by atoms with E-state index in [-0.39, 0.29) is 0 Å². The van der Waals surface area contributed by atoms with Crippen molar-refractivity contribution < 1.29 is 0 Å². The number of aromatic nitrogens is 2. The maximum atomic E-state index is 4.13. The van der Waals surface area contributed by atoms with Crippen molar-refractivity contribution in [1.29, 1.82) is 0 Å². The van der Waals surface area contributed by atoms with Crippen LogP contribution in [0.25, 0.3) is 0 Å². The Morgan fingerprint density at radius 3 is 2.20 bits per heavy atom. The largest absolute Gasteiger partial charge is 0.309 e. The third-order valence-electron chi connectivity index (χ3n) is 3.80. The third kappa shape index (κ3) is 6.80. The zero-order valence-electron chi connectivity index (χ0n) is 13.5. The predicted molar refractivity (Wildman–Crippen MR) is 88.3 cm³/mol. The summed E-state index contributed by atoms with van der Waals surface area (Å²) in [4.78, 5) is 1.33. The van der Waals surface area contributed by atoms with Crippen molar-refractivity contribution in [2.45, 2.75) is 84.6 Å². The molecule has 0 aliphatic heterocycles. The Morgan fingerprint density at radius 2 is 1.65 bits per heavy atom. The highest BCUT2D eigenvalue weighted by Gasteiger charge is 2.15. The van der Waals surface area contributed by atoms with Crippen LogP contribution in [0.5, 0.6) is 0 Å². The molecule has 0 radical (unpaired) electrons. The van der Waals surface area contributed by atoms with E-state index in [9.17, 15) is 0 Å². The lowest BCUT2D eigenvalue weighted by atomic mass is 10.0. The summed E-state index contributed by atoms with van der Waals surface area (Å²) in [5.74, 6) is 0. The lowest BCUT2D eigenvalue weighted by Crippen LogP contribution is -2.20. The van der Waals surface area contributed by atoms with E-state index in [1.807, 2.05) is 0 Å². The monoisotopic (exact) mass is 297 g/mol. The zero-order chi connectivity index (χ0) is 14.6. The molecule has 1 unspecified atom stereocenters. The average molecular weight is 298 g/mol. The van der Waals surface area contributed by atoms with Crippen molar-refractivity contribution in [2.75, 3.05) is 6.54 Å². The summed E-state index contributed by atoms with van der Waals surface area (Å²) >= 11 is 1.55. The standard InChI is InChI=1S/C16H31N3S/c1-4-6-7-8-9-10-11-12-13-15(17-5-2)16-14(3)18-19-20-16/h15,17H,4-13H2,1-3H3. The fraction of sp³-hybridized carbons (Fsp3) is 0.875. The van der Waals surface area contributed by atoms with Crippen LogP contribution in [0.4, 0.5) is 0 Å². The smallest absolute Gasteiger partial charge is 0.0772 e. The van der Waals surface area contributed by atoms with Crippen LogP contribution in [0.3, 0.4) is 0 Å². The summed E-state index contributed by atoms with van der Waals surface area (Å²) in [6, 6.07) is 0.458. The van der Waals surface area contributed by atoms with Crippen molar-refractivity contribution in [3.63, 3.8) is 0 Å². The third-order valence-corrected chi connectivity index (χ3v) is 4.74. The molecule has 0 aliphatic carbocycles. The van der Waals surface area contributed by atoms with Gasteiger partial charge in [-0.3, -0.25) is 0 Å². The number of hydrogen-bond donors (Lipinski definition) is 1. The second-order valence-electron chi connectivity index (χ2n) is 5.60. The van der Waals surface area contributed by atoms with Gasteiger partial charge in [-0.1, -0.05) is 69.7 Å². The van der Waals surface area contributed by atoms with E-state index >= 15 is 0 Å². The van der Waals surface area contributed by atoms with E-state index in [2.05, 4.69) is 35.7 Å². The van der Waals surface area contributed by atoms with Crippen molar-refractivity contribution >= 4 is 11.5 Å². The normalized spacial score (nSPS) is 12.8. The maximum absolute atomic E-state index is 4.13. The first-order valence-corrected chi connectivity index (χ1v) is 9.09. The molecule has 4 heteroatoms. The Morgan fingerprint density at radius 1 is 1.00 bits per heavy atom. The minimum atomic E-state index is 0.458. The van der Waals surface area contributed by atoms with Crippen LogP contribution >= 0.6 is 11.5 Å². The van der Waals surface area contributed by atoms with Gasteiger partial charge < -0.3 is 5.32 Å². The minimum absolute atomic E-state index is 0.458. The van der Waals surface area contributed by atoms with E-state index in [0.29, 0.717) is 6.04 Å². The molecule has 1 rings (SSSR count). The second-order valence-corrected chi connectivity index (χ2v) is 6.38. The lowest BCUT2D eigenvalue weighted by molar-refractivity contribution is 0.478. The molecule has 0 bridgehead atoms. The molecule has 20 heavy (non-hydrogen) atoms. The van der Waals surface area contributed by atoms with Crippen molar-refractivity contribution in [2.24, 2.45) is 0 Å². The van der Waals surface area contributed by atoms with E-state index in [1.165, 1.54) is 62.7 Å². The quantitative estimate of drug-likeness (QED) is 0.550. The molecule has 1 aromatic rings. The molecule has 1 N–H and O–H groups in total. The van der Waals surface area contributed by atoms with E-state index in [0.717, 1.165) is 12.2 Å². The number of rotatable bonds is 12. The highest BCUT2D eigenvalue weighted by atomic mass is 32.1. The molecule has 0 spiro atoms. The van der Waals surface area contributed by atoms with Crippen molar-refractivity contribution in [3.8, 4) is 0 Å². The van der Waals surface area contributed by atoms with Gasteiger partial charge >= 0.3 is 0 Å². The van der Waals surface area contributed by atoms with Gasteiger partial charge in [-0.2, -0.15) is 0 Å². The van der Waals surface area contributed by atoms with E-state index in [4.69, 9.17) is 0 Å². The molecule has 0 fully saturated rings. The Bertz CT molecular complexity index is 338. The molecule has 0 aromatic carbocycles. The number of hydrogen-bond acceptors (Lipinski definition) is 4. The van der Waals surface area contributed by atoms with Gasteiger partial charge in [-0.15, -0.1) is 5.10 Å². The topological polar surface area (TPSA) is 37.8 Å². The van der Waals surface area contributed by atoms with Crippen molar-refractivity contribution in [1.82, 2.24) is 14.9 Å². The summed E-state index contributed by atoms with van der Waals surface area (Å²) in [5, 5.41) is 7.71. The molecule has 116 valence electrons. The zero-order valence-corrected chi connectivity index (χ0v) is 14.3. The first-order valence-electron chi connectivity index (χ1n) is 8.31. The summed E-state index contributed by atoms with van der Waals surface area (Å²) in [5.41, 5.74) is 1.10.